The summed E-state index contributed by atoms with van der Waals surface area (Å²) in [5, 5.41) is 11.2. The van der Waals surface area contributed by atoms with Gasteiger partial charge in [0.1, 0.15) is 12.4 Å². The fraction of sp³-hybridized carbons (Fsp3) is 0.667. The van der Waals surface area contributed by atoms with E-state index < -0.39 is 5.91 Å². The van der Waals surface area contributed by atoms with Crippen LogP contribution in [0.15, 0.2) is 5.16 Å². The number of hydrogen-bond donors (Lipinski definition) is 2. The van der Waals surface area contributed by atoms with Crippen molar-refractivity contribution in [3.05, 3.63) is 5.82 Å². The van der Waals surface area contributed by atoms with Crippen LogP contribution in [0.4, 0.5) is 0 Å². The molecule has 1 aromatic rings. The Morgan fingerprint density at radius 1 is 1.35 bits per heavy atom. The highest BCUT2D eigenvalue weighted by Crippen LogP contribution is 2.16. The Morgan fingerprint density at radius 3 is 2.75 bits per heavy atom. The number of aryl methyl sites for hydroxylation is 1. The second kappa shape index (κ2) is 8.57. The summed E-state index contributed by atoms with van der Waals surface area (Å²) in [6, 6.07) is 0. The Kier molecular flexibility index (Phi) is 7.06. The van der Waals surface area contributed by atoms with E-state index >= 15 is 0 Å². The van der Waals surface area contributed by atoms with Gasteiger partial charge in [0.2, 0.25) is 11.8 Å². The number of hydrogen-bond acceptors (Lipinski definition) is 5. The molecule has 7 nitrogen and oxygen atoms in total. The van der Waals surface area contributed by atoms with E-state index in [4.69, 9.17) is 5.73 Å². The maximum Gasteiger partial charge on any atom is 0.237 e. The molecule has 0 aliphatic carbocycles. The topological polar surface area (TPSA) is 103 Å². The average molecular weight is 299 g/mol. The van der Waals surface area contributed by atoms with Gasteiger partial charge in [-0.05, 0) is 13.3 Å². The van der Waals surface area contributed by atoms with Gasteiger partial charge in [0.25, 0.3) is 0 Å². The Hall–Kier alpha value is -1.57. The summed E-state index contributed by atoms with van der Waals surface area (Å²) in [5.41, 5.74) is 5.17. The zero-order valence-electron chi connectivity index (χ0n) is 11.9. The Bertz CT molecular complexity index is 461. The second-order valence-corrected chi connectivity index (χ2v) is 5.37. The van der Waals surface area contributed by atoms with Crippen LogP contribution < -0.4 is 11.1 Å². The molecular weight excluding hydrogens is 278 g/mol. The van der Waals surface area contributed by atoms with E-state index in [1.165, 1.54) is 11.8 Å². The molecule has 0 aliphatic rings. The van der Waals surface area contributed by atoms with Crippen molar-refractivity contribution in [2.45, 2.75) is 44.8 Å². The summed E-state index contributed by atoms with van der Waals surface area (Å²) in [7, 11) is 0. The number of carbonyl (C=O) groups is 2. The third kappa shape index (κ3) is 5.60. The van der Waals surface area contributed by atoms with Gasteiger partial charge in [-0.1, -0.05) is 31.5 Å². The lowest BCUT2D eigenvalue weighted by molar-refractivity contribution is -0.119. The highest BCUT2D eigenvalue weighted by molar-refractivity contribution is 7.99. The maximum atomic E-state index is 11.6. The molecule has 0 aromatic carbocycles. The van der Waals surface area contributed by atoms with Crippen molar-refractivity contribution in [2.24, 2.45) is 5.73 Å². The van der Waals surface area contributed by atoms with E-state index in [0.717, 1.165) is 19.3 Å². The van der Waals surface area contributed by atoms with Gasteiger partial charge in [0.05, 0.1) is 5.75 Å². The van der Waals surface area contributed by atoms with E-state index in [9.17, 15) is 9.59 Å². The van der Waals surface area contributed by atoms with Gasteiger partial charge in [-0.25, -0.2) is 0 Å². The zero-order valence-corrected chi connectivity index (χ0v) is 12.7. The Labute approximate surface area is 122 Å². The first-order chi connectivity index (χ1) is 9.54. The SMILES string of the molecule is CCCCCNC(=O)CSc1nnc(C)n1CC(N)=O. The minimum atomic E-state index is -0.459. The third-order valence-electron chi connectivity index (χ3n) is 2.65. The first-order valence-corrected chi connectivity index (χ1v) is 7.60. The van der Waals surface area contributed by atoms with E-state index in [-0.39, 0.29) is 18.2 Å². The number of thioether (sulfide) groups is 1. The highest BCUT2D eigenvalue weighted by Gasteiger charge is 2.12. The molecule has 0 atom stereocenters. The molecule has 3 N–H and O–H groups in total. The number of nitrogens with two attached hydrogens (primary N) is 1. The van der Waals surface area contributed by atoms with Crippen molar-refractivity contribution in [1.29, 1.82) is 0 Å². The highest BCUT2D eigenvalue weighted by atomic mass is 32.2. The first-order valence-electron chi connectivity index (χ1n) is 6.62. The van der Waals surface area contributed by atoms with Crippen molar-refractivity contribution in [3.8, 4) is 0 Å². The second-order valence-electron chi connectivity index (χ2n) is 4.43. The van der Waals surface area contributed by atoms with Gasteiger partial charge < -0.3 is 11.1 Å². The lowest BCUT2D eigenvalue weighted by Gasteiger charge is -2.06. The van der Waals surface area contributed by atoms with Crippen LogP contribution in [0.5, 0.6) is 0 Å². The monoisotopic (exact) mass is 299 g/mol. The molecule has 0 fully saturated rings. The number of primary amides is 1. The van der Waals surface area contributed by atoms with Crippen LogP contribution >= 0.6 is 11.8 Å². The fourth-order valence-electron chi connectivity index (χ4n) is 1.59. The number of carbonyl (C=O) groups excluding carboxylic acids is 2. The van der Waals surface area contributed by atoms with E-state index in [1.807, 2.05) is 0 Å². The van der Waals surface area contributed by atoms with Gasteiger partial charge >= 0.3 is 0 Å². The fourth-order valence-corrected chi connectivity index (χ4v) is 2.40. The maximum absolute atomic E-state index is 11.6. The van der Waals surface area contributed by atoms with Crippen LogP contribution in [0.25, 0.3) is 0 Å². The van der Waals surface area contributed by atoms with Gasteiger partial charge in [-0.15, -0.1) is 10.2 Å². The molecular formula is C12H21N5O2S. The third-order valence-corrected chi connectivity index (χ3v) is 3.62. The normalized spacial score (nSPS) is 10.5. The van der Waals surface area contributed by atoms with Crippen LogP contribution in [0.2, 0.25) is 0 Å². The Balaban J connectivity index is 2.41. The molecule has 0 saturated heterocycles. The van der Waals surface area contributed by atoms with Crippen molar-refractivity contribution in [3.63, 3.8) is 0 Å². The number of rotatable bonds is 9. The molecule has 2 amide bonds. The molecule has 0 saturated carbocycles. The number of nitrogens with zero attached hydrogens (tertiary/aromatic N) is 3. The molecule has 0 radical (unpaired) electrons. The largest absolute Gasteiger partial charge is 0.368 e. The summed E-state index contributed by atoms with van der Waals surface area (Å²) in [6.07, 6.45) is 3.23. The van der Waals surface area contributed by atoms with Gasteiger partial charge in [0, 0.05) is 6.54 Å². The van der Waals surface area contributed by atoms with Crippen LogP contribution in [0.3, 0.4) is 0 Å². The van der Waals surface area contributed by atoms with Crippen LogP contribution in [0, 0.1) is 6.92 Å². The van der Waals surface area contributed by atoms with Gasteiger partial charge in [-0.2, -0.15) is 0 Å². The summed E-state index contributed by atoms with van der Waals surface area (Å²) >= 11 is 1.25. The van der Waals surface area contributed by atoms with Crippen molar-refractivity contribution in [1.82, 2.24) is 20.1 Å². The average Bonchev–Trinajstić information content (AvgIpc) is 2.73. The number of unbranched alkanes of at least 4 members (excludes halogenated alkanes) is 2. The molecule has 1 heterocycles. The molecule has 0 aliphatic heterocycles. The van der Waals surface area contributed by atoms with E-state index in [0.29, 0.717) is 17.5 Å². The smallest absolute Gasteiger partial charge is 0.237 e. The number of aromatic nitrogens is 3. The lowest BCUT2D eigenvalue weighted by Crippen LogP contribution is -2.26. The van der Waals surface area contributed by atoms with Crippen molar-refractivity contribution >= 4 is 23.6 Å². The molecule has 8 heteroatoms. The minimum absolute atomic E-state index is 0.0271. The van der Waals surface area contributed by atoms with Crippen LogP contribution in [-0.2, 0) is 16.1 Å². The summed E-state index contributed by atoms with van der Waals surface area (Å²) in [6.45, 7) is 4.58. The molecule has 1 aromatic heterocycles. The predicted octanol–water partition coefficient (Wildman–Crippen LogP) is 0.470. The molecule has 20 heavy (non-hydrogen) atoms. The minimum Gasteiger partial charge on any atom is -0.368 e. The number of amides is 2. The lowest BCUT2D eigenvalue weighted by atomic mass is 10.2. The standard InChI is InChI=1S/C12H21N5O2S/c1-3-4-5-6-14-11(19)8-20-12-16-15-9(2)17(12)7-10(13)18/h3-8H2,1-2H3,(H2,13,18)(H,14,19). The summed E-state index contributed by atoms with van der Waals surface area (Å²) in [4.78, 5) is 22.6. The molecule has 1 rings (SSSR count). The van der Waals surface area contributed by atoms with Crippen molar-refractivity contribution in [2.75, 3.05) is 12.3 Å². The van der Waals surface area contributed by atoms with Crippen molar-refractivity contribution < 1.29 is 9.59 Å². The van der Waals surface area contributed by atoms with Crippen LogP contribution in [0.1, 0.15) is 32.0 Å². The van der Waals surface area contributed by atoms with E-state index in [2.05, 4.69) is 22.4 Å². The van der Waals surface area contributed by atoms with Crippen LogP contribution in [-0.4, -0.2) is 38.9 Å². The van der Waals surface area contributed by atoms with Gasteiger partial charge in [0.15, 0.2) is 5.16 Å². The van der Waals surface area contributed by atoms with E-state index in [1.54, 1.807) is 11.5 Å². The molecule has 0 spiro atoms. The molecule has 0 bridgehead atoms. The zero-order chi connectivity index (χ0) is 15.0. The molecule has 112 valence electrons. The summed E-state index contributed by atoms with van der Waals surface area (Å²) in [5.74, 6) is 0.356. The molecule has 0 unspecified atom stereocenters. The summed E-state index contributed by atoms with van der Waals surface area (Å²) < 4.78 is 1.61. The Morgan fingerprint density at radius 2 is 2.10 bits per heavy atom. The quantitative estimate of drug-likeness (QED) is 0.509. The first kappa shape index (κ1) is 16.5. The number of nitrogens with one attached hydrogen (secondary N) is 1. The van der Waals surface area contributed by atoms with Gasteiger partial charge in [-0.3, -0.25) is 14.2 Å². The predicted molar refractivity (Wildman–Crippen MR) is 77.2 cm³/mol.